The van der Waals surface area contributed by atoms with E-state index in [2.05, 4.69) is 10.0 Å². The quantitative estimate of drug-likeness (QED) is 0.346. The predicted octanol–water partition coefficient (Wildman–Crippen LogP) is 0.171. The van der Waals surface area contributed by atoms with Gasteiger partial charge in [-0.25, -0.2) is 0 Å². The summed E-state index contributed by atoms with van der Waals surface area (Å²) in [6.07, 6.45) is -0.826. The number of hydrogen-bond donors (Lipinski definition) is 1. The molecule has 2 bridgehead atoms. The van der Waals surface area contributed by atoms with Gasteiger partial charge in [0.2, 0.25) is 0 Å². The van der Waals surface area contributed by atoms with Crippen LogP contribution >= 0.6 is 0 Å². The summed E-state index contributed by atoms with van der Waals surface area (Å²) in [6.45, 7) is 0.392. The molecule has 0 unspecified atom stereocenters. The second kappa shape index (κ2) is 2.91. The van der Waals surface area contributed by atoms with E-state index in [-0.39, 0.29) is 12.1 Å². The molecule has 0 radical (unpaired) electrons. The predicted molar refractivity (Wildman–Crippen MR) is 38.2 cm³/mol. The topological polar surface area (TPSA) is 87.5 Å². The van der Waals surface area contributed by atoms with Gasteiger partial charge in [-0.3, -0.25) is 0 Å². The van der Waals surface area contributed by atoms with E-state index >= 15 is 0 Å². The minimum Gasteiger partial charge on any atom is -0.390 e. The normalized spacial score (nSPS) is 45.4. The SMILES string of the molecule is [N-]=[N+]=N[C@@H]1C[C@H](O)[C@H]2CO[C@@H]1O2. The molecule has 0 aromatic rings. The number of azide groups is 1. The molecule has 66 valence electrons. The highest BCUT2D eigenvalue weighted by atomic mass is 16.7. The number of aliphatic hydroxyl groups excluding tert-OH is 1. The highest BCUT2D eigenvalue weighted by Gasteiger charge is 2.42. The van der Waals surface area contributed by atoms with Crippen LogP contribution in [-0.2, 0) is 9.47 Å². The Morgan fingerprint density at radius 3 is 3.17 bits per heavy atom. The maximum atomic E-state index is 9.40. The fourth-order valence-corrected chi connectivity index (χ4v) is 1.52. The summed E-state index contributed by atoms with van der Waals surface area (Å²) in [5.41, 5.74) is 8.20. The summed E-state index contributed by atoms with van der Waals surface area (Å²) in [5, 5.41) is 12.9. The van der Waals surface area contributed by atoms with Crippen molar-refractivity contribution in [3.05, 3.63) is 10.4 Å². The summed E-state index contributed by atoms with van der Waals surface area (Å²) in [6, 6.07) is -0.385. The van der Waals surface area contributed by atoms with Crippen molar-refractivity contribution in [1.82, 2.24) is 0 Å². The molecule has 0 saturated carbocycles. The monoisotopic (exact) mass is 171 g/mol. The Kier molecular flexibility index (Phi) is 1.90. The van der Waals surface area contributed by atoms with Crippen LogP contribution in [0.5, 0.6) is 0 Å². The van der Waals surface area contributed by atoms with Gasteiger partial charge < -0.3 is 14.6 Å². The second-order valence-corrected chi connectivity index (χ2v) is 2.95. The Bertz CT molecular complexity index is 228. The van der Waals surface area contributed by atoms with Gasteiger partial charge >= 0.3 is 0 Å². The first-order chi connectivity index (χ1) is 5.81. The molecule has 0 amide bonds. The maximum Gasteiger partial charge on any atom is 0.166 e. The minimum atomic E-state index is -0.570. The smallest absolute Gasteiger partial charge is 0.166 e. The molecule has 4 atom stereocenters. The van der Waals surface area contributed by atoms with Crippen molar-refractivity contribution in [2.24, 2.45) is 5.11 Å². The van der Waals surface area contributed by atoms with E-state index in [4.69, 9.17) is 15.0 Å². The van der Waals surface area contributed by atoms with Crippen molar-refractivity contribution in [3.63, 3.8) is 0 Å². The van der Waals surface area contributed by atoms with Gasteiger partial charge in [-0.05, 0) is 12.0 Å². The van der Waals surface area contributed by atoms with Gasteiger partial charge in [0, 0.05) is 4.91 Å². The van der Waals surface area contributed by atoms with E-state index in [1.165, 1.54) is 0 Å². The molecule has 2 saturated heterocycles. The van der Waals surface area contributed by atoms with Crippen LogP contribution in [0.4, 0.5) is 0 Å². The number of rotatable bonds is 1. The summed E-state index contributed by atoms with van der Waals surface area (Å²) in [5.74, 6) is 0. The molecule has 0 aromatic carbocycles. The average molecular weight is 171 g/mol. The molecule has 2 aliphatic rings. The third-order valence-electron chi connectivity index (χ3n) is 2.16. The highest BCUT2D eigenvalue weighted by Crippen LogP contribution is 2.29. The van der Waals surface area contributed by atoms with Gasteiger partial charge in [0.15, 0.2) is 6.29 Å². The van der Waals surface area contributed by atoms with Crippen molar-refractivity contribution < 1.29 is 14.6 Å². The Morgan fingerprint density at radius 1 is 1.58 bits per heavy atom. The lowest BCUT2D eigenvalue weighted by Gasteiger charge is -2.27. The number of nitrogens with zero attached hydrogens (tertiary/aromatic N) is 3. The van der Waals surface area contributed by atoms with Crippen molar-refractivity contribution in [2.45, 2.75) is 31.0 Å². The van der Waals surface area contributed by atoms with Crippen molar-refractivity contribution in [3.8, 4) is 0 Å². The second-order valence-electron chi connectivity index (χ2n) is 2.95. The van der Waals surface area contributed by atoms with Gasteiger partial charge in [-0.1, -0.05) is 5.11 Å². The van der Waals surface area contributed by atoms with Crippen LogP contribution in [-0.4, -0.2) is 36.3 Å². The van der Waals surface area contributed by atoms with Crippen molar-refractivity contribution >= 4 is 0 Å². The molecule has 2 fully saturated rings. The molecule has 0 aromatic heterocycles. The summed E-state index contributed by atoms with van der Waals surface area (Å²) < 4.78 is 10.4. The van der Waals surface area contributed by atoms with E-state index in [1.807, 2.05) is 0 Å². The summed E-state index contributed by atoms with van der Waals surface area (Å²) in [7, 11) is 0. The Morgan fingerprint density at radius 2 is 2.42 bits per heavy atom. The number of hydrogen-bond acceptors (Lipinski definition) is 4. The van der Waals surface area contributed by atoms with Gasteiger partial charge in [0.05, 0.1) is 18.8 Å². The number of fused-ring (bicyclic) bond motifs is 2. The first-order valence-electron chi connectivity index (χ1n) is 3.80. The van der Waals surface area contributed by atoms with Crippen LogP contribution < -0.4 is 0 Å². The molecule has 2 rings (SSSR count). The van der Waals surface area contributed by atoms with E-state index in [0.29, 0.717) is 13.0 Å². The molecular formula is C6H9N3O3. The molecule has 2 heterocycles. The van der Waals surface area contributed by atoms with Crippen LogP contribution in [0.25, 0.3) is 10.4 Å². The number of ether oxygens (including phenoxy) is 2. The molecular weight excluding hydrogens is 162 g/mol. The van der Waals surface area contributed by atoms with Crippen LogP contribution in [0.15, 0.2) is 5.11 Å². The van der Waals surface area contributed by atoms with Crippen molar-refractivity contribution in [1.29, 1.82) is 0 Å². The van der Waals surface area contributed by atoms with Gasteiger partial charge in [-0.2, -0.15) is 0 Å². The summed E-state index contributed by atoms with van der Waals surface area (Å²) in [4.78, 5) is 2.66. The van der Waals surface area contributed by atoms with Crippen LogP contribution in [0.2, 0.25) is 0 Å². The Balaban J connectivity index is 2.11. The van der Waals surface area contributed by atoms with E-state index in [0.717, 1.165) is 0 Å². The molecule has 2 aliphatic heterocycles. The van der Waals surface area contributed by atoms with Crippen molar-refractivity contribution in [2.75, 3.05) is 6.61 Å². The van der Waals surface area contributed by atoms with Gasteiger partial charge in [0.1, 0.15) is 6.10 Å². The van der Waals surface area contributed by atoms with Gasteiger partial charge in [0.25, 0.3) is 0 Å². The van der Waals surface area contributed by atoms with E-state index in [9.17, 15) is 5.11 Å². The zero-order valence-corrected chi connectivity index (χ0v) is 6.33. The maximum absolute atomic E-state index is 9.40. The van der Waals surface area contributed by atoms with Crippen LogP contribution in [0.3, 0.4) is 0 Å². The van der Waals surface area contributed by atoms with Gasteiger partial charge in [-0.15, -0.1) is 0 Å². The highest BCUT2D eigenvalue weighted by molar-refractivity contribution is 4.89. The molecule has 1 N–H and O–H groups in total. The summed E-state index contributed by atoms with van der Waals surface area (Å²) >= 11 is 0. The first-order valence-corrected chi connectivity index (χ1v) is 3.80. The fraction of sp³-hybridized carbons (Fsp3) is 1.00. The lowest BCUT2D eigenvalue weighted by atomic mass is 10.0. The Hall–Kier alpha value is -0.810. The first kappa shape index (κ1) is 7.82. The molecule has 0 spiro atoms. The average Bonchev–Trinajstić information content (AvgIpc) is 2.46. The fourth-order valence-electron chi connectivity index (χ4n) is 1.52. The lowest BCUT2D eigenvalue weighted by molar-refractivity contribution is -0.130. The molecule has 6 heteroatoms. The minimum absolute atomic E-state index is 0.236. The van der Waals surface area contributed by atoms with E-state index in [1.54, 1.807) is 0 Å². The van der Waals surface area contributed by atoms with Crippen LogP contribution in [0, 0.1) is 0 Å². The molecule has 6 nitrogen and oxygen atoms in total. The third kappa shape index (κ3) is 1.15. The number of aliphatic hydroxyl groups is 1. The zero-order valence-electron chi connectivity index (χ0n) is 6.33. The molecule has 12 heavy (non-hydrogen) atoms. The Labute approximate surface area is 68.7 Å². The third-order valence-corrected chi connectivity index (χ3v) is 2.16. The van der Waals surface area contributed by atoms with E-state index < -0.39 is 12.4 Å². The molecule has 0 aliphatic carbocycles. The lowest BCUT2D eigenvalue weighted by Crippen LogP contribution is -2.40. The largest absolute Gasteiger partial charge is 0.390 e. The standard InChI is InChI=1S/C6H9N3O3/c7-9-8-3-1-4(10)5-2-11-6(3)12-5/h3-6,10H,1-2H2/t3-,4+,5-,6-/m1/s1. The zero-order chi connectivity index (χ0) is 8.55. The van der Waals surface area contributed by atoms with Crippen LogP contribution in [0.1, 0.15) is 6.42 Å².